The second-order valence-corrected chi connectivity index (χ2v) is 6.11. The van der Waals surface area contributed by atoms with Crippen LogP contribution >= 0.6 is 0 Å². The number of rotatable bonds is 3. The summed E-state index contributed by atoms with van der Waals surface area (Å²) in [5.41, 5.74) is 2.85. The van der Waals surface area contributed by atoms with Crippen LogP contribution in [0.15, 0.2) is 54.9 Å². The molecule has 3 heterocycles. The molecule has 0 aliphatic rings. The normalized spacial score (nSPS) is 11.5. The quantitative estimate of drug-likeness (QED) is 0.533. The van der Waals surface area contributed by atoms with Crippen LogP contribution in [0.1, 0.15) is 11.4 Å². The van der Waals surface area contributed by atoms with Crippen molar-refractivity contribution in [3.05, 3.63) is 77.9 Å². The van der Waals surface area contributed by atoms with E-state index in [1.807, 2.05) is 0 Å². The number of imidazole rings is 1. The largest absolute Gasteiger partial charge is 0.337 e. The fraction of sp³-hybridized carbons (Fsp3) is 0.0526. The van der Waals surface area contributed by atoms with E-state index in [1.54, 1.807) is 30.3 Å². The van der Waals surface area contributed by atoms with Gasteiger partial charge in [0.15, 0.2) is 17.1 Å². The molecular weight excluding hydrogens is 350 g/mol. The van der Waals surface area contributed by atoms with E-state index < -0.39 is 0 Å². The van der Waals surface area contributed by atoms with Crippen molar-refractivity contribution in [1.29, 1.82) is 0 Å². The van der Waals surface area contributed by atoms with E-state index in [2.05, 4.69) is 25.0 Å². The van der Waals surface area contributed by atoms with Crippen LogP contribution in [-0.2, 0) is 6.42 Å². The molecule has 5 rings (SSSR count). The first kappa shape index (κ1) is 15.6. The average Bonchev–Trinajstić information content (AvgIpc) is 3.27. The minimum absolute atomic E-state index is 0.275. The van der Waals surface area contributed by atoms with E-state index in [0.29, 0.717) is 34.6 Å². The first-order chi connectivity index (χ1) is 13.2. The molecule has 0 aliphatic carbocycles. The number of fused-ring (bicyclic) bond motifs is 3. The molecule has 0 saturated heterocycles. The van der Waals surface area contributed by atoms with Gasteiger partial charge >= 0.3 is 0 Å². The molecule has 0 saturated carbocycles. The van der Waals surface area contributed by atoms with E-state index >= 15 is 0 Å². The molecule has 3 aromatic heterocycles. The Morgan fingerprint density at radius 1 is 0.963 bits per heavy atom. The van der Waals surface area contributed by atoms with Crippen molar-refractivity contribution in [2.75, 3.05) is 0 Å². The number of aromatic nitrogens is 6. The van der Waals surface area contributed by atoms with Crippen LogP contribution in [0, 0.1) is 11.6 Å². The first-order valence-electron chi connectivity index (χ1n) is 8.27. The van der Waals surface area contributed by atoms with Crippen molar-refractivity contribution in [2.24, 2.45) is 0 Å². The standard InChI is InChI=1S/C19H12F2N6/c20-12-7-5-11(6-8-12)9-15-23-16-18(24-15)22-10-27-19(16)25-17(26-27)13-3-1-2-4-14(13)21/h1-8,10H,9H2,(H,23,24). The Kier molecular flexibility index (Phi) is 3.43. The first-order valence-corrected chi connectivity index (χ1v) is 8.27. The van der Waals surface area contributed by atoms with E-state index in [4.69, 9.17) is 0 Å². The summed E-state index contributed by atoms with van der Waals surface area (Å²) in [4.78, 5) is 16.4. The summed E-state index contributed by atoms with van der Waals surface area (Å²) in [6, 6.07) is 12.6. The number of hydrogen-bond donors (Lipinski definition) is 1. The van der Waals surface area contributed by atoms with Crippen molar-refractivity contribution in [3.63, 3.8) is 0 Å². The van der Waals surface area contributed by atoms with Gasteiger partial charge in [-0.15, -0.1) is 5.10 Å². The third-order valence-corrected chi connectivity index (χ3v) is 4.28. The van der Waals surface area contributed by atoms with E-state index in [-0.39, 0.29) is 17.5 Å². The maximum atomic E-state index is 14.0. The minimum atomic E-state index is -0.390. The Morgan fingerprint density at radius 3 is 2.59 bits per heavy atom. The molecule has 0 aliphatic heterocycles. The Morgan fingerprint density at radius 2 is 1.78 bits per heavy atom. The molecule has 1 N–H and O–H groups in total. The van der Waals surface area contributed by atoms with Gasteiger partial charge in [-0.25, -0.2) is 23.7 Å². The number of benzene rings is 2. The van der Waals surface area contributed by atoms with Crippen molar-refractivity contribution >= 4 is 16.8 Å². The number of halogens is 2. The molecule has 0 unspecified atom stereocenters. The minimum Gasteiger partial charge on any atom is -0.337 e. The highest BCUT2D eigenvalue weighted by molar-refractivity contribution is 5.85. The molecule has 6 nitrogen and oxygen atoms in total. The van der Waals surface area contributed by atoms with Crippen LogP contribution in [0.2, 0.25) is 0 Å². The second-order valence-electron chi connectivity index (χ2n) is 6.11. The van der Waals surface area contributed by atoms with E-state index in [1.165, 1.54) is 29.0 Å². The summed E-state index contributed by atoms with van der Waals surface area (Å²) < 4.78 is 28.6. The van der Waals surface area contributed by atoms with E-state index in [0.717, 1.165) is 5.56 Å². The summed E-state index contributed by atoms with van der Waals surface area (Å²) >= 11 is 0. The Hall–Kier alpha value is -3.68. The summed E-state index contributed by atoms with van der Waals surface area (Å²) in [7, 11) is 0. The number of hydrogen-bond acceptors (Lipinski definition) is 4. The number of aromatic amines is 1. The highest BCUT2D eigenvalue weighted by Crippen LogP contribution is 2.22. The van der Waals surface area contributed by atoms with Gasteiger partial charge < -0.3 is 4.98 Å². The zero-order chi connectivity index (χ0) is 18.4. The Balaban J connectivity index is 1.59. The number of nitrogens with zero attached hydrogens (tertiary/aromatic N) is 5. The number of H-pyrrole nitrogens is 1. The predicted molar refractivity (Wildman–Crippen MR) is 95.0 cm³/mol. The molecule has 27 heavy (non-hydrogen) atoms. The Labute approximate surface area is 151 Å². The van der Waals surface area contributed by atoms with Gasteiger partial charge in [-0.2, -0.15) is 4.52 Å². The van der Waals surface area contributed by atoms with Crippen LogP contribution in [-0.4, -0.2) is 29.5 Å². The SMILES string of the molecule is Fc1ccc(Cc2nc3ncn4nc(-c5ccccc5F)nc4c3[nH]2)cc1. The van der Waals surface area contributed by atoms with Gasteiger partial charge in [-0.05, 0) is 29.8 Å². The zero-order valence-electron chi connectivity index (χ0n) is 13.9. The highest BCUT2D eigenvalue weighted by atomic mass is 19.1. The zero-order valence-corrected chi connectivity index (χ0v) is 13.9. The molecule has 2 aromatic carbocycles. The molecule has 0 atom stereocenters. The monoisotopic (exact) mass is 362 g/mol. The van der Waals surface area contributed by atoms with Gasteiger partial charge in [0.1, 0.15) is 29.3 Å². The smallest absolute Gasteiger partial charge is 0.185 e. The fourth-order valence-electron chi connectivity index (χ4n) is 2.98. The van der Waals surface area contributed by atoms with E-state index in [9.17, 15) is 8.78 Å². The van der Waals surface area contributed by atoms with Crippen LogP contribution in [0.5, 0.6) is 0 Å². The van der Waals surface area contributed by atoms with Gasteiger partial charge in [0, 0.05) is 6.42 Å². The molecule has 0 amide bonds. The van der Waals surface area contributed by atoms with Gasteiger partial charge in [0.05, 0.1) is 5.56 Å². The summed E-state index contributed by atoms with van der Waals surface area (Å²) in [5.74, 6) is 0.278. The third-order valence-electron chi connectivity index (χ3n) is 4.28. The molecular formula is C19H12F2N6. The molecule has 0 bridgehead atoms. The van der Waals surface area contributed by atoms with Crippen molar-refractivity contribution < 1.29 is 8.78 Å². The summed E-state index contributed by atoms with van der Waals surface area (Å²) in [6.45, 7) is 0. The topological polar surface area (TPSA) is 71.8 Å². The molecule has 5 aromatic rings. The maximum absolute atomic E-state index is 14.0. The Bertz CT molecular complexity index is 1270. The highest BCUT2D eigenvalue weighted by Gasteiger charge is 2.15. The lowest BCUT2D eigenvalue weighted by Crippen LogP contribution is -1.91. The average molecular weight is 362 g/mol. The van der Waals surface area contributed by atoms with Gasteiger partial charge in [0.25, 0.3) is 0 Å². The molecule has 0 fully saturated rings. The van der Waals surface area contributed by atoms with Crippen molar-refractivity contribution in [1.82, 2.24) is 29.5 Å². The third kappa shape index (κ3) is 2.71. The molecule has 8 heteroatoms. The summed E-state index contributed by atoms with van der Waals surface area (Å²) in [6.07, 6.45) is 1.99. The fourth-order valence-corrected chi connectivity index (χ4v) is 2.98. The molecule has 0 spiro atoms. The molecule has 132 valence electrons. The number of nitrogens with one attached hydrogen (secondary N) is 1. The van der Waals surface area contributed by atoms with Crippen LogP contribution < -0.4 is 0 Å². The lowest BCUT2D eigenvalue weighted by molar-refractivity contribution is 0.627. The predicted octanol–water partition coefficient (Wildman–Crippen LogP) is 3.54. The van der Waals surface area contributed by atoms with Crippen molar-refractivity contribution in [2.45, 2.75) is 6.42 Å². The second kappa shape index (κ2) is 5.94. The summed E-state index contributed by atoms with van der Waals surface area (Å²) in [5, 5.41) is 4.31. The van der Waals surface area contributed by atoms with Crippen LogP contribution in [0.25, 0.3) is 28.2 Å². The van der Waals surface area contributed by atoms with Gasteiger partial charge in [-0.1, -0.05) is 24.3 Å². The van der Waals surface area contributed by atoms with Crippen LogP contribution in [0.3, 0.4) is 0 Å². The lowest BCUT2D eigenvalue weighted by atomic mass is 10.1. The van der Waals surface area contributed by atoms with Gasteiger partial charge in [0.2, 0.25) is 0 Å². The maximum Gasteiger partial charge on any atom is 0.185 e. The van der Waals surface area contributed by atoms with Crippen LogP contribution in [0.4, 0.5) is 8.78 Å². The van der Waals surface area contributed by atoms with Gasteiger partial charge in [-0.3, -0.25) is 0 Å². The molecule has 0 radical (unpaired) electrons. The van der Waals surface area contributed by atoms with Crippen molar-refractivity contribution in [3.8, 4) is 11.4 Å². The lowest BCUT2D eigenvalue weighted by Gasteiger charge is -1.97.